The molecule has 1 unspecified atom stereocenters. The van der Waals surface area contributed by atoms with Crippen LogP contribution in [0.1, 0.15) is 57.3 Å². The summed E-state index contributed by atoms with van der Waals surface area (Å²) in [5, 5.41) is 13.7. The Morgan fingerprint density at radius 2 is 1.94 bits per heavy atom. The Hall–Kier alpha value is -3.00. The molecule has 174 valence electrons. The average molecular weight is 466 g/mol. The van der Waals surface area contributed by atoms with Crippen molar-refractivity contribution in [2.45, 2.75) is 71.4 Å². The second kappa shape index (κ2) is 10.7. The Bertz CT molecular complexity index is 1270. The van der Waals surface area contributed by atoms with Gasteiger partial charge in [-0.15, -0.1) is 21.5 Å². The maximum atomic E-state index is 13.0. The van der Waals surface area contributed by atoms with Crippen LogP contribution in [0.15, 0.2) is 46.6 Å². The first-order valence-corrected chi connectivity index (χ1v) is 12.6. The summed E-state index contributed by atoms with van der Waals surface area (Å²) in [6.07, 6.45) is 5.70. The van der Waals surface area contributed by atoms with Crippen LogP contribution in [0.2, 0.25) is 0 Å². The Labute approximate surface area is 197 Å². The van der Waals surface area contributed by atoms with Crippen molar-refractivity contribution in [3.63, 3.8) is 0 Å². The summed E-state index contributed by atoms with van der Waals surface area (Å²) in [6, 6.07) is 12.3. The van der Waals surface area contributed by atoms with Crippen molar-refractivity contribution < 1.29 is 4.79 Å². The highest BCUT2D eigenvalue weighted by Gasteiger charge is 2.18. The molecule has 0 saturated heterocycles. The third-order valence-electron chi connectivity index (χ3n) is 5.96. The maximum absolute atomic E-state index is 13.0. The fourth-order valence-corrected chi connectivity index (χ4v) is 4.96. The summed E-state index contributed by atoms with van der Waals surface area (Å²) in [5.41, 5.74) is 2.09. The van der Waals surface area contributed by atoms with Crippen LogP contribution in [0.5, 0.6) is 0 Å². The van der Waals surface area contributed by atoms with Gasteiger partial charge < -0.3 is 5.32 Å². The molecule has 3 heterocycles. The highest BCUT2D eigenvalue weighted by Crippen LogP contribution is 2.20. The van der Waals surface area contributed by atoms with Gasteiger partial charge in [0, 0.05) is 25.4 Å². The molecule has 4 aromatic rings. The van der Waals surface area contributed by atoms with Gasteiger partial charge in [0.05, 0.1) is 5.52 Å². The smallest absolute Gasteiger partial charge is 0.272 e. The van der Waals surface area contributed by atoms with Crippen LogP contribution < -0.4 is 10.9 Å². The molecule has 0 radical (unpaired) electrons. The van der Waals surface area contributed by atoms with E-state index in [9.17, 15) is 9.59 Å². The third kappa shape index (κ3) is 5.33. The van der Waals surface area contributed by atoms with E-state index >= 15 is 0 Å². The number of nitrogens with zero attached hydrogens (tertiary/aromatic N) is 4. The first-order valence-electron chi connectivity index (χ1n) is 11.8. The van der Waals surface area contributed by atoms with Crippen LogP contribution in [-0.4, -0.2) is 31.1 Å². The van der Waals surface area contributed by atoms with E-state index in [1.54, 1.807) is 4.57 Å². The number of fused-ring (bicyclic) bond motifs is 3. The van der Waals surface area contributed by atoms with Crippen molar-refractivity contribution in [1.29, 1.82) is 0 Å². The first kappa shape index (κ1) is 23.2. The Morgan fingerprint density at radius 3 is 2.73 bits per heavy atom. The molecule has 7 nitrogen and oxygen atoms in total. The lowest BCUT2D eigenvalue weighted by Gasteiger charge is -2.14. The van der Waals surface area contributed by atoms with E-state index in [-0.39, 0.29) is 17.5 Å². The standard InChI is InChI=1S/C25H31N5O2S/c1-3-4-8-16-29-24(32)23-20(15-17-33-23)30-21(27-28-25(29)30)13-14-22(31)26-18(2)11-12-19-9-6-5-7-10-19/h5-7,9-10,15,17-18H,3-4,8,11-14,16H2,1-2H3,(H,26,31). The number of unbranched alkanes of at least 4 members (excludes halogenated alkanes) is 2. The van der Waals surface area contributed by atoms with Crippen LogP contribution in [0.25, 0.3) is 16.0 Å². The number of carbonyl (C=O) groups excluding carboxylic acids is 1. The van der Waals surface area contributed by atoms with Gasteiger partial charge in [-0.1, -0.05) is 50.1 Å². The Balaban J connectivity index is 1.44. The molecule has 4 rings (SSSR count). The van der Waals surface area contributed by atoms with Gasteiger partial charge in [-0.2, -0.15) is 0 Å². The molecule has 0 bridgehead atoms. The van der Waals surface area contributed by atoms with Crippen molar-refractivity contribution in [3.05, 3.63) is 63.5 Å². The number of hydrogen-bond acceptors (Lipinski definition) is 5. The van der Waals surface area contributed by atoms with Gasteiger partial charge in [-0.3, -0.25) is 18.6 Å². The molecular weight excluding hydrogens is 434 g/mol. The van der Waals surface area contributed by atoms with Crippen LogP contribution in [0.4, 0.5) is 0 Å². The SMILES string of the molecule is CCCCCn1c(=O)c2sccc2n2c(CCC(=O)NC(C)CCc3ccccc3)nnc12. The molecule has 0 aliphatic rings. The van der Waals surface area contributed by atoms with Crippen molar-refractivity contribution in [2.24, 2.45) is 0 Å². The highest BCUT2D eigenvalue weighted by atomic mass is 32.1. The largest absolute Gasteiger partial charge is 0.354 e. The van der Waals surface area contributed by atoms with Gasteiger partial charge in [0.2, 0.25) is 11.7 Å². The first-order chi connectivity index (χ1) is 16.1. The molecule has 1 amide bonds. The molecule has 33 heavy (non-hydrogen) atoms. The molecule has 1 aromatic carbocycles. The van der Waals surface area contributed by atoms with Gasteiger partial charge in [0.1, 0.15) is 10.5 Å². The lowest BCUT2D eigenvalue weighted by molar-refractivity contribution is -0.121. The van der Waals surface area contributed by atoms with E-state index in [1.807, 2.05) is 41.0 Å². The maximum Gasteiger partial charge on any atom is 0.272 e. The topological polar surface area (TPSA) is 81.3 Å². The molecule has 1 N–H and O–H groups in total. The fourth-order valence-electron chi connectivity index (χ4n) is 4.14. The molecule has 1 atom stereocenters. The quantitative estimate of drug-likeness (QED) is 0.334. The molecule has 8 heteroatoms. The monoisotopic (exact) mass is 465 g/mol. The number of carbonyl (C=O) groups is 1. The Morgan fingerprint density at radius 1 is 1.12 bits per heavy atom. The lowest BCUT2D eigenvalue weighted by atomic mass is 10.1. The summed E-state index contributed by atoms with van der Waals surface area (Å²) in [6.45, 7) is 4.81. The minimum absolute atomic E-state index is 0.00476. The normalized spacial score (nSPS) is 12.4. The van der Waals surface area contributed by atoms with E-state index in [0.29, 0.717) is 35.7 Å². The minimum Gasteiger partial charge on any atom is -0.354 e. The predicted octanol–water partition coefficient (Wildman–Crippen LogP) is 4.37. The number of nitrogens with one attached hydrogen (secondary N) is 1. The van der Waals surface area contributed by atoms with Crippen LogP contribution in [-0.2, 0) is 24.2 Å². The number of aromatic nitrogens is 4. The fraction of sp³-hybridized carbons (Fsp3) is 0.440. The van der Waals surface area contributed by atoms with Crippen LogP contribution in [0, 0.1) is 0 Å². The van der Waals surface area contributed by atoms with E-state index in [4.69, 9.17) is 0 Å². The number of thiophene rings is 1. The number of hydrogen-bond donors (Lipinski definition) is 1. The summed E-state index contributed by atoms with van der Waals surface area (Å²) in [5.74, 6) is 1.28. The minimum atomic E-state index is -0.00691. The molecule has 0 aliphatic carbocycles. The van der Waals surface area contributed by atoms with E-state index in [1.165, 1.54) is 16.9 Å². The second-order valence-corrected chi connectivity index (χ2v) is 9.46. The molecule has 0 fully saturated rings. The van der Waals surface area contributed by atoms with Gasteiger partial charge in [-0.25, -0.2) is 0 Å². The zero-order valence-electron chi connectivity index (χ0n) is 19.3. The summed E-state index contributed by atoms with van der Waals surface area (Å²) in [4.78, 5) is 25.6. The third-order valence-corrected chi connectivity index (χ3v) is 6.85. The molecule has 0 saturated carbocycles. The number of benzene rings is 1. The van der Waals surface area contributed by atoms with Crippen LogP contribution in [0.3, 0.4) is 0 Å². The summed E-state index contributed by atoms with van der Waals surface area (Å²) < 4.78 is 4.39. The van der Waals surface area contributed by atoms with Crippen molar-refractivity contribution >= 4 is 33.2 Å². The van der Waals surface area contributed by atoms with Gasteiger partial charge in [-0.05, 0) is 43.2 Å². The number of rotatable bonds is 11. The molecule has 0 spiro atoms. The molecule has 0 aliphatic heterocycles. The Kier molecular flexibility index (Phi) is 7.54. The van der Waals surface area contributed by atoms with Crippen molar-refractivity contribution in [3.8, 4) is 0 Å². The van der Waals surface area contributed by atoms with Gasteiger partial charge >= 0.3 is 0 Å². The van der Waals surface area contributed by atoms with Gasteiger partial charge in [0.25, 0.3) is 5.56 Å². The summed E-state index contributed by atoms with van der Waals surface area (Å²) in [7, 11) is 0. The highest BCUT2D eigenvalue weighted by molar-refractivity contribution is 7.17. The molecular formula is C25H31N5O2S. The number of aryl methyl sites for hydroxylation is 3. The average Bonchev–Trinajstić information content (AvgIpc) is 3.46. The van der Waals surface area contributed by atoms with Crippen LogP contribution >= 0.6 is 11.3 Å². The van der Waals surface area contributed by atoms with E-state index in [2.05, 4.69) is 34.6 Å². The lowest BCUT2D eigenvalue weighted by Crippen LogP contribution is -2.33. The summed E-state index contributed by atoms with van der Waals surface area (Å²) >= 11 is 1.44. The van der Waals surface area contributed by atoms with E-state index < -0.39 is 0 Å². The van der Waals surface area contributed by atoms with Crippen molar-refractivity contribution in [1.82, 2.24) is 24.5 Å². The molecule has 3 aromatic heterocycles. The van der Waals surface area contributed by atoms with Crippen molar-refractivity contribution in [2.75, 3.05) is 0 Å². The van der Waals surface area contributed by atoms with E-state index in [0.717, 1.165) is 37.6 Å². The predicted molar refractivity (Wildman–Crippen MR) is 133 cm³/mol. The van der Waals surface area contributed by atoms with Gasteiger partial charge in [0.15, 0.2) is 0 Å². The second-order valence-electron chi connectivity index (χ2n) is 8.54. The zero-order chi connectivity index (χ0) is 23.2. The number of amides is 1. The zero-order valence-corrected chi connectivity index (χ0v) is 20.1.